The fraction of sp³-hybridized carbons (Fsp3) is 0.458. The molecule has 2 aliphatic rings. The van der Waals surface area contributed by atoms with Crippen LogP contribution in [0.3, 0.4) is 0 Å². The predicted molar refractivity (Wildman–Crippen MR) is 128 cm³/mol. The van der Waals surface area contributed by atoms with Gasteiger partial charge in [-0.05, 0) is 23.6 Å². The van der Waals surface area contributed by atoms with E-state index in [1.54, 1.807) is 6.07 Å². The molecule has 0 N–H and O–H groups in total. The van der Waals surface area contributed by atoms with Crippen LogP contribution in [0, 0.1) is 5.82 Å². The molecule has 0 bridgehead atoms. The van der Waals surface area contributed by atoms with E-state index in [1.807, 2.05) is 13.8 Å². The van der Waals surface area contributed by atoms with Crippen LogP contribution in [0.15, 0.2) is 23.1 Å². The standard InChI is InChI=1S/C24H28ClFN2O6S/c1-14(2)19-21(32-3)22(33-4)20-16(23(19)35(30,31)28-7-9-34-10-8-28)13-27(24(20)29)12-15-5-6-18(26)17(25)11-15/h5-6,11,14H,7-10,12-13H2,1-4H3. The number of benzene rings is 2. The number of nitrogens with zero attached hydrogens (tertiary/aromatic N) is 2. The Morgan fingerprint density at radius 1 is 1.14 bits per heavy atom. The molecule has 190 valence electrons. The molecule has 0 atom stereocenters. The number of hydrogen-bond acceptors (Lipinski definition) is 6. The monoisotopic (exact) mass is 526 g/mol. The number of fused-ring (bicyclic) bond motifs is 1. The number of methoxy groups -OCH3 is 2. The van der Waals surface area contributed by atoms with E-state index in [1.165, 1.54) is 35.6 Å². The zero-order chi connectivity index (χ0) is 25.5. The molecular formula is C24H28ClFN2O6S. The van der Waals surface area contributed by atoms with Crippen LogP contribution in [0.25, 0.3) is 0 Å². The van der Waals surface area contributed by atoms with Crippen molar-refractivity contribution in [2.75, 3.05) is 40.5 Å². The molecule has 0 radical (unpaired) electrons. The van der Waals surface area contributed by atoms with Crippen molar-refractivity contribution in [1.82, 2.24) is 9.21 Å². The molecule has 4 rings (SSSR count). The first kappa shape index (κ1) is 25.7. The number of halogens is 2. The van der Waals surface area contributed by atoms with Gasteiger partial charge in [0, 0.05) is 37.3 Å². The summed E-state index contributed by atoms with van der Waals surface area (Å²) >= 11 is 5.93. The third kappa shape index (κ3) is 4.48. The van der Waals surface area contributed by atoms with E-state index in [9.17, 15) is 17.6 Å². The maximum Gasteiger partial charge on any atom is 0.258 e. The van der Waals surface area contributed by atoms with Gasteiger partial charge in [0.25, 0.3) is 5.91 Å². The lowest BCUT2D eigenvalue weighted by atomic mass is 9.95. The van der Waals surface area contributed by atoms with Gasteiger partial charge in [-0.25, -0.2) is 12.8 Å². The van der Waals surface area contributed by atoms with Gasteiger partial charge in [-0.15, -0.1) is 0 Å². The molecule has 2 aliphatic heterocycles. The number of rotatable bonds is 7. The van der Waals surface area contributed by atoms with E-state index in [0.29, 0.717) is 29.9 Å². The first-order chi connectivity index (χ1) is 16.6. The lowest BCUT2D eigenvalue weighted by Crippen LogP contribution is -2.41. The third-order valence-corrected chi connectivity index (χ3v) is 8.58. The topological polar surface area (TPSA) is 85.4 Å². The quantitative estimate of drug-likeness (QED) is 0.545. The van der Waals surface area contributed by atoms with Gasteiger partial charge < -0.3 is 19.1 Å². The average Bonchev–Trinajstić information content (AvgIpc) is 3.15. The van der Waals surface area contributed by atoms with Gasteiger partial charge in [0.1, 0.15) is 5.82 Å². The van der Waals surface area contributed by atoms with E-state index in [0.717, 1.165) is 0 Å². The van der Waals surface area contributed by atoms with Crippen molar-refractivity contribution in [3.8, 4) is 11.5 Å². The summed E-state index contributed by atoms with van der Waals surface area (Å²) in [5.41, 5.74) is 1.61. The fourth-order valence-electron chi connectivity index (χ4n) is 4.67. The molecule has 2 heterocycles. The molecule has 1 saturated heterocycles. The maximum absolute atomic E-state index is 14.0. The molecule has 2 aromatic rings. The molecular weight excluding hydrogens is 499 g/mol. The normalized spacial score (nSPS) is 16.7. The summed E-state index contributed by atoms with van der Waals surface area (Å²) in [6.45, 7) is 4.93. The number of hydrogen-bond donors (Lipinski definition) is 0. The second-order valence-electron chi connectivity index (χ2n) is 8.74. The van der Waals surface area contributed by atoms with Crippen molar-refractivity contribution in [1.29, 1.82) is 0 Å². The zero-order valence-corrected chi connectivity index (χ0v) is 21.6. The first-order valence-corrected chi connectivity index (χ1v) is 13.0. The Morgan fingerprint density at radius 3 is 2.37 bits per heavy atom. The van der Waals surface area contributed by atoms with Crippen LogP contribution in [0.2, 0.25) is 5.02 Å². The molecule has 1 amide bonds. The van der Waals surface area contributed by atoms with Crippen molar-refractivity contribution in [2.45, 2.75) is 37.8 Å². The molecule has 11 heteroatoms. The highest BCUT2D eigenvalue weighted by Crippen LogP contribution is 2.49. The second kappa shape index (κ2) is 9.93. The van der Waals surface area contributed by atoms with E-state index >= 15 is 0 Å². The summed E-state index contributed by atoms with van der Waals surface area (Å²) in [4.78, 5) is 15.2. The lowest BCUT2D eigenvalue weighted by molar-refractivity contribution is 0.0729. The molecule has 1 fully saturated rings. The molecule has 0 aromatic heterocycles. The first-order valence-electron chi connectivity index (χ1n) is 11.2. The summed E-state index contributed by atoms with van der Waals surface area (Å²) in [5.74, 6) is -0.762. The number of carbonyl (C=O) groups excluding carboxylic acids is 1. The lowest BCUT2D eigenvalue weighted by Gasteiger charge is -2.30. The van der Waals surface area contributed by atoms with Crippen LogP contribution in [-0.2, 0) is 27.8 Å². The van der Waals surface area contributed by atoms with E-state index in [-0.39, 0.29) is 59.1 Å². The summed E-state index contributed by atoms with van der Waals surface area (Å²) in [5, 5.41) is -0.0522. The highest BCUT2D eigenvalue weighted by Gasteiger charge is 2.43. The largest absolute Gasteiger partial charge is 0.492 e. The van der Waals surface area contributed by atoms with Crippen molar-refractivity contribution >= 4 is 27.5 Å². The van der Waals surface area contributed by atoms with Crippen LogP contribution < -0.4 is 9.47 Å². The number of morpholine rings is 1. The maximum atomic E-state index is 14.0. The molecule has 2 aromatic carbocycles. The van der Waals surface area contributed by atoms with Crippen molar-refractivity contribution < 1.29 is 31.8 Å². The van der Waals surface area contributed by atoms with E-state index in [4.69, 9.17) is 25.8 Å². The van der Waals surface area contributed by atoms with E-state index in [2.05, 4.69) is 0 Å². The van der Waals surface area contributed by atoms with Crippen LogP contribution >= 0.6 is 11.6 Å². The number of carbonyl (C=O) groups is 1. The highest BCUT2D eigenvalue weighted by atomic mass is 35.5. The number of amides is 1. The van der Waals surface area contributed by atoms with Gasteiger partial charge in [-0.2, -0.15) is 4.31 Å². The Hall–Kier alpha value is -2.40. The molecule has 35 heavy (non-hydrogen) atoms. The minimum Gasteiger partial charge on any atom is -0.492 e. The molecule has 8 nitrogen and oxygen atoms in total. The van der Waals surface area contributed by atoms with Gasteiger partial charge in [0.2, 0.25) is 10.0 Å². The Kier molecular flexibility index (Phi) is 7.28. The SMILES string of the molecule is COc1c(OC)c(C(C)C)c(S(=O)(=O)N2CCOCC2)c2c1C(=O)N(Cc1ccc(F)c(Cl)c1)C2. The fourth-order valence-corrected chi connectivity index (χ4v) is 6.84. The molecule has 0 saturated carbocycles. The van der Waals surface area contributed by atoms with Crippen LogP contribution in [0.1, 0.15) is 46.8 Å². The number of ether oxygens (including phenoxy) is 3. The van der Waals surface area contributed by atoms with Crippen LogP contribution in [0.5, 0.6) is 11.5 Å². The average molecular weight is 527 g/mol. The van der Waals surface area contributed by atoms with Crippen molar-refractivity contribution in [2.24, 2.45) is 0 Å². The predicted octanol–water partition coefficient (Wildman–Crippen LogP) is 3.80. The molecule has 0 aliphatic carbocycles. The van der Waals surface area contributed by atoms with Gasteiger partial charge in [0.05, 0.1) is 42.9 Å². The summed E-state index contributed by atoms with van der Waals surface area (Å²) < 4.78 is 59.6. The molecule has 0 unspecified atom stereocenters. The third-order valence-electron chi connectivity index (χ3n) is 6.26. The minimum atomic E-state index is -3.98. The Balaban J connectivity index is 1.90. The van der Waals surface area contributed by atoms with Crippen molar-refractivity contribution in [3.63, 3.8) is 0 Å². The minimum absolute atomic E-state index is 0.0438. The van der Waals surface area contributed by atoms with Crippen molar-refractivity contribution in [3.05, 3.63) is 51.3 Å². The second-order valence-corrected chi connectivity index (χ2v) is 11.0. The summed E-state index contributed by atoms with van der Waals surface area (Å²) in [7, 11) is -1.13. The van der Waals surface area contributed by atoms with Gasteiger partial charge in [-0.1, -0.05) is 31.5 Å². The highest BCUT2D eigenvalue weighted by molar-refractivity contribution is 7.89. The van der Waals surface area contributed by atoms with Gasteiger partial charge in [-0.3, -0.25) is 4.79 Å². The van der Waals surface area contributed by atoms with Crippen LogP contribution in [0.4, 0.5) is 4.39 Å². The van der Waals surface area contributed by atoms with Gasteiger partial charge >= 0.3 is 0 Å². The van der Waals surface area contributed by atoms with Gasteiger partial charge in [0.15, 0.2) is 11.5 Å². The Labute approximate surface area is 209 Å². The van der Waals surface area contributed by atoms with Crippen LogP contribution in [-0.4, -0.2) is 64.1 Å². The number of sulfonamides is 1. The van der Waals surface area contributed by atoms with E-state index < -0.39 is 21.7 Å². The molecule has 0 spiro atoms. The summed E-state index contributed by atoms with van der Waals surface area (Å²) in [6.07, 6.45) is 0. The zero-order valence-electron chi connectivity index (χ0n) is 20.1. The summed E-state index contributed by atoms with van der Waals surface area (Å²) in [6, 6.07) is 4.23. The smallest absolute Gasteiger partial charge is 0.258 e. The Bertz CT molecular complexity index is 1260. The Morgan fingerprint density at radius 2 is 1.80 bits per heavy atom.